The third kappa shape index (κ3) is 16.4. The van der Waals surface area contributed by atoms with E-state index in [-0.39, 0.29) is 0 Å². The Labute approximate surface area is 121 Å². The van der Waals surface area contributed by atoms with E-state index in [9.17, 15) is 0 Å². The van der Waals surface area contributed by atoms with Crippen molar-refractivity contribution in [2.45, 2.75) is 103 Å². The lowest BCUT2D eigenvalue weighted by Gasteiger charge is -2.04. The van der Waals surface area contributed by atoms with E-state index < -0.39 is 0 Å². The highest BCUT2D eigenvalue weighted by Crippen LogP contribution is 2.15. The maximum Gasteiger partial charge on any atom is -0.000968 e. The lowest BCUT2D eigenvalue weighted by molar-refractivity contribution is 0.548. The van der Waals surface area contributed by atoms with Crippen LogP contribution in [0.1, 0.15) is 97.8 Å². The van der Waals surface area contributed by atoms with Gasteiger partial charge in [-0.05, 0) is 17.4 Å². The van der Waals surface area contributed by atoms with Gasteiger partial charge in [0.1, 0.15) is 0 Å². The second kappa shape index (κ2) is 15.4. The molecule has 0 unspecified atom stereocenters. The maximum atomic E-state index is 2.30. The van der Waals surface area contributed by atoms with Gasteiger partial charge in [-0.3, -0.25) is 0 Å². The molecule has 0 atom stereocenters. The summed E-state index contributed by atoms with van der Waals surface area (Å²) in [5, 5.41) is 0.817. The first-order valence-electron chi connectivity index (χ1n) is 8.39. The number of hydrogen-bond acceptors (Lipinski definition) is 1. The Kier molecular flexibility index (Phi) is 15.7. The van der Waals surface area contributed by atoms with Crippen LogP contribution in [0.3, 0.4) is 0 Å². The summed E-state index contributed by atoms with van der Waals surface area (Å²) in [6, 6.07) is 0. The van der Waals surface area contributed by atoms with Crippen LogP contribution in [0.15, 0.2) is 0 Å². The summed E-state index contributed by atoms with van der Waals surface area (Å²) in [6.45, 7) is 6.88. The quantitative estimate of drug-likeness (QED) is 0.312. The molecule has 0 heterocycles. The molecule has 0 aliphatic heterocycles. The van der Waals surface area contributed by atoms with Crippen molar-refractivity contribution in [1.82, 2.24) is 0 Å². The fourth-order valence-corrected chi connectivity index (χ4v) is 3.10. The standard InChI is InChI=1S/C17H36S/c1-4-5-6-7-8-9-10-11-12-13-14-15-16-18-17(2)3/h17H,4-16H2,1-3H3. The Morgan fingerprint density at radius 2 is 1.00 bits per heavy atom. The van der Waals surface area contributed by atoms with E-state index in [1.165, 1.54) is 82.8 Å². The first-order valence-corrected chi connectivity index (χ1v) is 9.43. The molecule has 0 amide bonds. The van der Waals surface area contributed by atoms with E-state index in [0.29, 0.717) is 0 Å². The average molecular weight is 273 g/mol. The molecule has 18 heavy (non-hydrogen) atoms. The average Bonchev–Trinajstić information content (AvgIpc) is 2.34. The van der Waals surface area contributed by atoms with Crippen LogP contribution < -0.4 is 0 Å². The third-order valence-electron chi connectivity index (χ3n) is 3.45. The summed E-state index contributed by atoms with van der Waals surface area (Å²) in [5.41, 5.74) is 0. The lowest BCUT2D eigenvalue weighted by Crippen LogP contribution is -1.90. The molecule has 0 aliphatic carbocycles. The number of thioether (sulfide) groups is 1. The monoisotopic (exact) mass is 272 g/mol. The van der Waals surface area contributed by atoms with E-state index in [1.807, 2.05) is 0 Å². The highest BCUT2D eigenvalue weighted by molar-refractivity contribution is 7.99. The van der Waals surface area contributed by atoms with Crippen LogP contribution in [-0.2, 0) is 0 Å². The molecular formula is C17H36S. The topological polar surface area (TPSA) is 0 Å². The van der Waals surface area contributed by atoms with Gasteiger partial charge in [-0.2, -0.15) is 11.8 Å². The normalized spacial score (nSPS) is 11.3. The molecule has 110 valence electrons. The Hall–Kier alpha value is 0.350. The molecule has 0 saturated heterocycles. The third-order valence-corrected chi connectivity index (χ3v) is 4.64. The van der Waals surface area contributed by atoms with E-state index in [4.69, 9.17) is 0 Å². The van der Waals surface area contributed by atoms with Crippen molar-refractivity contribution >= 4 is 11.8 Å². The molecule has 0 aromatic rings. The van der Waals surface area contributed by atoms with Gasteiger partial charge in [0.25, 0.3) is 0 Å². The molecule has 0 aromatic carbocycles. The van der Waals surface area contributed by atoms with Gasteiger partial charge in [0.05, 0.1) is 0 Å². The zero-order chi connectivity index (χ0) is 13.5. The Morgan fingerprint density at radius 3 is 1.39 bits per heavy atom. The zero-order valence-electron chi connectivity index (χ0n) is 13.2. The minimum Gasteiger partial charge on any atom is -0.159 e. The summed E-state index contributed by atoms with van der Waals surface area (Å²) in [4.78, 5) is 0. The second-order valence-electron chi connectivity index (χ2n) is 5.81. The van der Waals surface area contributed by atoms with Crippen molar-refractivity contribution < 1.29 is 0 Å². The van der Waals surface area contributed by atoms with E-state index in [1.54, 1.807) is 0 Å². The number of unbranched alkanes of at least 4 members (excludes halogenated alkanes) is 11. The summed E-state index contributed by atoms with van der Waals surface area (Å²) in [5.74, 6) is 1.37. The number of rotatable bonds is 14. The minimum absolute atomic E-state index is 0.817. The fourth-order valence-electron chi connectivity index (χ4n) is 2.26. The molecule has 0 spiro atoms. The van der Waals surface area contributed by atoms with Gasteiger partial charge in [-0.25, -0.2) is 0 Å². The van der Waals surface area contributed by atoms with Crippen LogP contribution in [0.5, 0.6) is 0 Å². The van der Waals surface area contributed by atoms with E-state index in [0.717, 1.165) is 5.25 Å². The molecule has 0 bridgehead atoms. The summed E-state index contributed by atoms with van der Waals surface area (Å²) >= 11 is 2.11. The predicted octanol–water partition coefficient (Wildman–Crippen LogP) is 6.83. The molecule has 0 radical (unpaired) electrons. The van der Waals surface area contributed by atoms with E-state index >= 15 is 0 Å². The molecule has 0 saturated carbocycles. The van der Waals surface area contributed by atoms with Gasteiger partial charge < -0.3 is 0 Å². The summed E-state index contributed by atoms with van der Waals surface area (Å²) in [6.07, 6.45) is 17.5. The molecule has 0 nitrogen and oxygen atoms in total. The summed E-state index contributed by atoms with van der Waals surface area (Å²) < 4.78 is 0. The summed E-state index contributed by atoms with van der Waals surface area (Å²) in [7, 11) is 0. The molecular weight excluding hydrogens is 236 g/mol. The van der Waals surface area contributed by atoms with Crippen molar-refractivity contribution in [3.05, 3.63) is 0 Å². The largest absolute Gasteiger partial charge is 0.159 e. The Morgan fingerprint density at radius 1 is 0.611 bits per heavy atom. The van der Waals surface area contributed by atoms with Gasteiger partial charge >= 0.3 is 0 Å². The lowest BCUT2D eigenvalue weighted by atomic mass is 10.1. The van der Waals surface area contributed by atoms with Crippen LogP contribution >= 0.6 is 11.8 Å². The highest BCUT2D eigenvalue weighted by Gasteiger charge is 1.95. The van der Waals surface area contributed by atoms with Gasteiger partial charge in [-0.1, -0.05) is 91.4 Å². The van der Waals surface area contributed by atoms with Crippen molar-refractivity contribution in [2.24, 2.45) is 0 Å². The number of hydrogen-bond donors (Lipinski definition) is 0. The van der Waals surface area contributed by atoms with Crippen LogP contribution in [0.4, 0.5) is 0 Å². The fraction of sp³-hybridized carbons (Fsp3) is 1.00. The first-order chi connectivity index (χ1) is 8.77. The molecule has 1 heteroatoms. The van der Waals surface area contributed by atoms with Gasteiger partial charge in [0, 0.05) is 0 Å². The molecule has 0 aromatic heterocycles. The van der Waals surface area contributed by atoms with Crippen molar-refractivity contribution in [1.29, 1.82) is 0 Å². The molecule has 0 fully saturated rings. The smallest absolute Gasteiger partial charge is 0.000968 e. The maximum absolute atomic E-state index is 2.30. The highest BCUT2D eigenvalue weighted by atomic mass is 32.2. The first kappa shape index (κ1) is 18.4. The predicted molar refractivity (Wildman–Crippen MR) is 88.7 cm³/mol. The van der Waals surface area contributed by atoms with Crippen molar-refractivity contribution in [3.8, 4) is 0 Å². The van der Waals surface area contributed by atoms with Crippen LogP contribution in [-0.4, -0.2) is 11.0 Å². The van der Waals surface area contributed by atoms with Crippen molar-refractivity contribution in [3.63, 3.8) is 0 Å². The SMILES string of the molecule is CCCCCCCCCCCCCCSC(C)C. The van der Waals surface area contributed by atoms with Gasteiger partial charge in [0.2, 0.25) is 0 Å². The second-order valence-corrected chi connectivity index (χ2v) is 7.49. The van der Waals surface area contributed by atoms with Gasteiger partial charge in [-0.15, -0.1) is 0 Å². The van der Waals surface area contributed by atoms with Crippen LogP contribution in [0.25, 0.3) is 0 Å². The molecule has 0 rings (SSSR count). The molecule has 0 N–H and O–H groups in total. The zero-order valence-corrected chi connectivity index (χ0v) is 14.0. The van der Waals surface area contributed by atoms with Gasteiger partial charge in [0.15, 0.2) is 0 Å². The van der Waals surface area contributed by atoms with E-state index in [2.05, 4.69) is 32.5 Å². The minimum atomic E-state index is 0.817. The Balaban J connectivity index is 2.90. The van der Waals surface area contributed by atoms with Crippen LogP contribution in [0.2, 0.25) is 0 Å². The van der Waals surface area contributed by atoms with Crippen LogP contribution in [0, 0.1) is 0 Å². The molecule has 0 aliphatic rings. The Bertz CT molecular complexity index is 143. The van der Waals surface area contributed by atoms with Crippen molar-refractivity contribution in [2.75, 3.05) is 5.75 Å².